The summed E-state index contributed by atoms with van der Waals surface area (Å²) in [5.74, 6) is 1.67. The molecule has 0 aromatic carbocycles. The van der Waals surface area contributed by atoms with E-state index >= 15 is 0 Å². The topological polar surface area (TPSA) is 0 Å². The van der Waals surface area contributed by atoms with Crippen molar-refractivity contribution in [2.24, 2.45) is 5.92 Å². The lowest BCUT2D eigenvalue weighted by atomic mass is 9.93. The van der Waals surface area contributed by atoms with E-state index in [1.165, 1.54) is 193 Å². The first-order valence-electron chi connectivity index (χ1n) is 17.6. The molecule has 1 atom stereocenters. The molecule has 0 saturated carbocycles. The summed E-state index contributed by atoms with van der Waals surface area (Å²) in [7, 11) is 0. The minimum atomic E-state index is 0.833. The van der Waals surface area contributed by atoms with E-state index in [1.54, 1.807) is 0 Å². The number of hydrogen-bond donors (Lipinski definition) is 0. The molecule has 0 N–H and O–H groups in total. The molecule has 0 nitrogen and oxygen atoms in total. The lowest BCUT2D eigenvalue weighted by molar-refractivity contribution is 0.464. The quantitative estimate of drug-likeness (QED) is 0.0453. The zero-order valence-corrected chi connectivity index (χ0v) is 26.8. The Bertz CT molecular complexity index is 415. The van der Waals surface area contributed by atoms with E-state index in [-0.39, 0.29) is 0 Å². The largest absolute Gasteiger partial charge is 0.127 e. The predicted octanol–water partition coefficient (Wildman–Crippen LogP) is 14.1. The van der Waals surface area contributed by atoms with Gasteiger partial charge in [-0.2, -0.15) is 0 Å². The van der Waals surface area contributed by atoms with Gasteiger partial charge in [0.1, 0.15) is 0 Å². The third-order valence-corrected chi connectivity index (χ3v) is 8.54. The number of alkyl halides is 1. The summed E-state index contributed by atoms with van der Waals surface area (Å²) in [6.45, 7) is 4.62. The van der Waals surface area contributed by atoms with Crippen molar-refractivity contribution >= 4 is 11.6 Å². The zero-order valence-electron chi connectivity index (χ0n) is 26.0. The molecule has 0 aliphatic rings. The molecule has 0 saturated heterocycles. The second-order valence-corrected chi connectivity index (χ2v) is 12.5. The third kappa shape index (κ3) is 32.1. The van der Waals surface area contributed by atoms with Gasteiger partial charge in [-0.25, -0.2) is 0 Å². The molecule has 0 aliphatic heterocycles. The van der Waals surface area contributed by atoms with Gasteiger partial charge in [-0.3, -0.25) is 0 Å². The van der Waals surface area contributed by atoms with Crippen LogP contribution in [0, 0.1) is 5.92 Å². The van der Waals surface area contributed by atoms with Crippen LogP contribution in [-0.4, -0.2) is 5.88 Å². The summed E-state index contributed by atoms with van der Waals surface area (Å²) in [5.41, 5.74) is 0. The van der Waals surface area contributed by atoms with Gasteiger partial charge in [0.15, 0.2) is 0 Å². The van der Waals surface area contributed by atoms with Gasteiger partial charge in [0, 0.05) is 5.88 Å². The molecule has 37 heavy (non-hydrogen) atoms. The highest BCUT2D eigenvalue weighted by atomic mass is 35.5. The number of rotatable bonds is 32. The van der Waals surface area contributed by atoms with Crippen LogP contribution in [-0.2, 0) is 0 Å². The van der Waals surface area contributed by atoms with E-state index in [2.05, 4.69) is 26.0 Å². The Morgan fingerprint density at radius 2 is 0.730 bits per heavy atom. The molecule has 0 radical (unpaired) electrons. The fraction of sp³-hybridized carbons (Fsp3) is 0.944. The van der Waals surface area contributed by atoms with Crippen molar-refractivity contribution in [1.82, 2.24) is 0 Å². The molecule has 0 bridgehead atoms. The molecule has 0 spiro atoms. The van der Waals surface area contributed by atoms with Crippen LogP contribution in [0.4, 0.5) is 0 Å². The fourth-order valence-corrected chi connectivity index (χ4v) is 5.84. The van der Waals surface area contributed by atoms with E-state index in [1.807, 2.05) is 0 Å². The molecule has 1 heteroatoms. The highest BCUT2D eigenvalue weighted by molar-refractivity contribution is 6.17. The number of unbranched alkanes of at least 4 members (excludes halogenated alkanes) is 25. The Hall–Kier alpha value is 0.0300. The van der Waals surface area contributed by atoms with Gasteiger partial charge < -0.3 is 0 Å². The summed E-state index contributed by atoms with van der Waals surface area (Å²) in [6, 6.07) is 0. The van der Waals surface area contributed by atoms with E-state index in [0.29, 0.717) is 0 Å². The smallest absolute Gasteiger partial charge is 0.0223 e. The molecule has 0 aromatic rings. The summed E-state index contributed by atoms with van der Waals surface area (Å²) >= 11 is 5.83. The van der Waals surface area contributed by atoms with E-state index in [4.69, 9.17) is 11.6 Å². The molecular formula is C36H71Cl. The Balaban J connectivity index is 3.78. The second kappa shape index (κ2) is 34.1. The highest BCUT2D eigenvalue weighted by Crippen LogP contribution is 2.21. The van der Waals surface area contributed by atoms with Gasteiger partial charge in [0.25, 0.3) is 0 Å². The average Bonchev–Trinajstić information content (AvgIpc) is 2.91. The molecule has 0 fully saturated rings. The summed E-state index contributed by atoms with van der Waals surface area (Å²) in [6.07, 6.45) is 47.8. The van der Waals surface area contributed by atoms with Crippen molar-refractivity contribution in [3.05, 3.63) is 12.2 Å². The highest BCUT2D eigenvalue weighted by Gasteiger charge is 2.05. The maximum Gasteiger partial charge on any atom is 0.0223 e. The standard InChI is InChI=1S/C36H71Cl/c1-3-5-7-9-11-13-14-15-16-17-18-19-20-22-25-29-33-36(34-30-26-23-27-31-35-37)32-28-24-21-12-10-8-6-4-2/h29,33,36H,3-28,30-32,34-35H2,1-2H3/b33-29-. The van der Waals surface area contributed by atoms with E-state index in [9.17, 15) is 0 Å². The SMILES string of the molecule is CCCCCCCCCCCCCCCC/C=C\C(CCCCCCCCl)CCCCCCCCCC. The lowest BCUT2D eigenvalue weighted by Gasteiger charge is -2.13. The van der Waals surface area contributed by atoms with Gasteiger partial charge in [0.2, 0.25) is 0 Å². The molecule has 0 rings (SSSR count). The second-order valence-electron chi connectivity index (χ2n) is 12.1. The monoisotopic (exact) mass is 539 g/mol. The van der Waals surface area contributed by atoms with Gasteiger partial charge in [0.05, 0.1) is 0 Å². The van der Waals surface area contributed by atoms with Crippen LogP contribution in [0.3, 0.4) is 0 Å². The summed E-state index contributed by atoms with van der Waals surface area (Å²) < 4.78 is 0. The predicted molar refractivity (Wildman–Crippen MR) is 173 cm³/mol. The number of hydrogen-bond acceptors (Lipinski definition) is 0. The van der Waals surface area contributed by atoms with Crippen LogP contribution in [0.15, 0.2) is 12.2 Å². The molecule has 222 valence electrons. The Morgan fingerprint density at radius 1 is 0.405 bits per heavy atom. The molecule has 1 unspecified atom stereocenters. The van der Waals surface area contributed by atoms with Crippen molar-refractivity contribution in [3.8, 4) is 0 Å². The maximum atomic E-state index is 5.83. The first-order chi connectivity index (χ1) is 18.3. The van der Waals surface area contributed by atoms with Gasteiger partial charge in [-0.1, -0.05) is 187 Å². The van der Waals surface area contributed by atoms with Crippen LogP contribution in [0.1, 0.15) is 206 Å². The fourth-order valence-electron chi connectivity index (χ4n) is 5.65. The molecule has 0 heterocycles. The van der Waals surface area contributed by atoms with Crippen molar-refractivity contribution in [2.45, 2.75) is 206 Å². The number of allylic oxidation sites excluding steroid dienone is 2. The van der Waals surface area contributed by atoms with Crippen LogP contribution in [0.2, 0.25) is 0 Å². The first-order valence-corrected chi connectivity index (χ1v) is 18.1. The van der Waals surface area contributed by atoms with E-state index in [0.717, 1.165) is 11.8 Å². The van der Waals surface area contributed by atoms with Crippen LogP contribution >= 0.6 is 11.6 Å². The number of halogens is 1. The lowest BCUT2D eigenvalue weighted by Crippen LogP contribution is -1.98. The Labute approximate surface area is 241 Å². The minimum absolute atomic E-state index is 0.833. The van der Waals surface area contributed by atoms with Crippen molar-refractivity contribution in [3.63, 3.8) is 0 Å². The van der Waals surface area contributed by atoms with Gasteiger partial charge >= 0.3 is 0 Å². The Morgan fingerprint density at radius 3 is 1.11 bits per heavy atom. The van der Waals surface area contributed by atoms with E-state index < -0.39 is 0 Å². The first kappa shape index (κ1) is 37.0. The Kier molecular flexibility index (Phi) is 34.1. The normalized spacial score (nSPS) is 12.6. The van der Waals surface area contributed by atoms with Gasteiger partial charge in [-0.05, 0) is 38.0 Å². The molecular weight excluding hydrogens is 468 g/mol. The van der Waals surface area contributed by atoms with Crippen molar-refractivity contribution in [1.29, 1.82) is 0 Å². The van der Waals surface area contributed by atoms with Crippen molar-refractivity contribution in [2.75, 3.05) is 5.88 Å². The van der Waals surface area contributed by atoms with Crippen LogP contribution in [0.25, 0.3) is 0 Å². The summed E-state index contributed by atoms with van der Waals surface area (Å²) in [5, 5.41) is 0. The zero-order chi connectivity index (χ0) is 26.9. The van der Waals surface area contributed by atoms with Crippen LogP contribution < -0.4 is 0 Å². The average molecular weight is 539 g/mol. The van der Waals surface area contributed by atoms with Crippen LogP contribution in [0.5, 0.6) is 0 Å². The molecule has 0 aliphatic carbocycles. The molecule has 0 amide bonds. The minimum Gasteiger partial charge on any atom is -0.127 e. The molecule has 0 aromatic heterocycles. The van der Waals surface area contributed by atoms with Crippen molar-refractivity contribution < 1.29 is 0 Å². The maximum absolute atomic E-state index is 5.83. The van der Waals surface area contributed by atoms with Gasteiger partial charge in [-0.15, -0.1) is 11.6 Å². The summed E-state index contributed by atoms with van der Waals surface area (Å²) in [4.78, 5) is 0. The third-order valence-electron chi connectivity index (χ3n) is 8.27.